The molecule has 0 rings (SSSR count). The van der Waals surface area contributed by atoms with Gasteiger partial charge in [-0.1, -0.05) is 6.92 Å². The van der Waals surface area contributed by atoms with E-state index in [1.807, 2.05) is 0 Å². The Kier molecular flexibility index (Phi) is 3.04. The lowest BCUT2D eigenvalue weighted by atomic mass is 11.0. The van der Waals surface area contributed by atoms with Crippen LogP contribution >= 0.6 is 7.60 Å². The molecule has 10 heavy (non-hydrogen) atoms. The van der Waals surface area contributed by atoms with Crippen molar-refractivity contribution in [2.45, 2.75) is 6.92 Å². The summed E-state index contributed by atoms with van der Waals surface area (Å²) in [7, 11) is 1.39. The van der Waals surface area contributed by atoms with E-state index in [1.54, 1.807) is 28.1 Å². The maximum Gasteiger partial charge on any atom is 0.198 e. The van der Waals surface area contributed by atoms with Crippen LogP contribution in [0.4, 0.5) is 0 Å². The Morgan fingerprint density at radius 2 is 1.90 bits per heavy atom. The highest BCUT2D eigenvalue weighted by atomic mass is 31.2. The molecular weight excluding hydrogens is 153 g/mol. The van der Waals surface area contributed by atoms with Crippen molar-refractivity contribution in [3.05, 3.63) is 0 Å². The van der Waals surface area contributed by atoms with Crippen LogP contribution in [0.15, 0.2) is 0 Å². The zero-order chi connectivity index (χ0) is 8.41. The summed E-state index contributed by atoms with van der Waals surface area (Å²) in [6.07, 6.45) is 0.0442. The van der Waals surface area contributed by atoms with E-state index in [1.165, 1.54) is 0 Å². The fraction of sp³-hybridized carbons (Fsp3) is 1.00. The molecule has 0 aliphatic carbocycles. The Balaban J connectivity index is 4.03. The van der Waals surface area contributed by atoms with Crippen molar-refractivity contribution in [3.8, 4) is 0 Å². The van der Waals surface area contributed by atoms with E-state index in [0.717, 1.165) is 0 Å². The summed E-state index contributed by atoms with van der Waals surface area (Å²) in [4.78, 5) is 10.8. The third-order valence-corrected chi connectivity index (χ3v) is 2.27. The van der Waals surface area contributed by atoms with Gasteiger partial charge in [-0.05, 0) is 0 Å². The van der Waals surface area contributed by atoms with Crippen LogP contribution in [-0.4, -0.2) is 32.0 Å². The molecule has 0 fully saturated rings. The number of quaternary nitrogens is 1. The van der Waals surface area contributed by atoms with Gasteiger partial charge in [-0.3, -0.25) is 0 Å². The van der Waals surface area contributed by atoms with Crippen LogP contribution in [0, 0.1) is 0 Å². The predicted octanol–water partition coefficient (Wildman–Crippen LogP) is 0.197. The van der Waals surface area contributed by atoms with Gasteiger partial charge in [-0.25, -0.2) is 0 Å². The molecule has 1 atom stereocenters. The Morgan fingerprint density at radius 1 is 1.50 bits per heavy atom. The lowest BCUT2D eigenvalue weighted by Gasteiger charge is -2.29. The zero-order valence-corrected chi connectivity index (χ0v) is 7.72. The van der Waals surface area contributed by atoms with E-state index in [9.17, 15) is 9.46 Å². The normalized spacial score (nSPS) is 18.5. The van der Waals surface area contributed by atoms with Crippen molar-refractivity contribution in [2.24, 2.45) is 0 Å². The van der Waals surface area contributed by atoms with E-state index in [2.05, 4.69) is 0 Å². The molecule has 0 aromatic rings. The van der Waals surface area contributed by atoms with Gasteiger partial charge in [0.05, 0.1) is 21.1 Å². The van der Waals surface area contributed by atoms with Crippen LogP contribution in [0.1, 0.15) is 6.92 Å². The van der Waals surface area contributed by atoms with Crippen molar-refractivity contribution in [1.29, 1.82) is 0 Å². The molecule has 0 saturated carbocycles. The number of nitrogens with zero attached hydrogens (tertiary/aromatic N) is 1. The average molecular weight is 167 g/mol. The van der Waals surface area contributed by atoms with Gasteiger partial charge in [-0.2, -0.15) is 9.27 Å². The highest BCUT2D eigenvalue weighted by Gasteiger charge is 2.17. The molecule has 0 bridgehead atoms. The molecule has 1 unspecified atom stereocenters. The van der Waals surface area contributed by atoms with E-state index >= 15 is 0 Å². The Morgan fingerprint density at radius 3 is 2.00 bits per heavy atom. The summed E-state index contributed by atoms with van der Waals surface area (Å²) in [5, 5.41) is 0. The molecule has 0 aromatic heterocycles. The Labute approximate surface area is 61.5 Å². The van der Waals surface area contributed by atoms with Crippen LogP contribution in [-0.2, 0) is 9.19 Å². The highest BCUT2D eigenvalue weighted by molar-refractivity contribution is 7.51. The van der Waals surface area contributed by atoms with Gasteiger partial charge < -0.3 is 9.46 Å². The molecule has 4 nitrogen and oxygen atoms in total. The average Bonchev–Trinajstić information content (AvgIpc) is 1.60. The van der Waals surface area contributed by atoms with Gasteiger partial charge in [-0.15, -0.1) is 0 Å². The third-order valence-electron chi connectivity index (χ3n) is 0.757. The first-order chi connectivity index (χ1) is 4.27. The minimum absolute atomic E-state index is 0.00534. The summed E-state index contributed by atoms with van der Waals surface area (Å²) < 4.78 is 15.5. The topological polar surface area (TPSA) is 49.4 Å². The minimum Gasteiger partial charge on any atom is -0.774 e. The van der Waals surface area contributed by atoms with E-state index < -0.39 is 7.60 Å². The molecule has 0 aliphatic rings. The van der Waals surface area contributed by atoms with E-state index in [0.29, 0.717) is 0 Å². The molecule has 0 aliphatic heterocycles. The quantitative estimate of drug-likeness (QED) is 0.342. The van der Waals surface area contributed by atoms with E-state index in [-0.39, 0.29) is 10.8 Å². The summed E-state index contributed by atoms with van der Waals surface area (Å²) in [5.41, 5.74) is 0. The summed E-state index contributed by atoms with van der Waals surface area (Å²) in [5.74, 6) is 0. The first kappa shape index (κ1) is 10.1. The summed E-state index contributed by atoms with van der Waals surface area (Å²) in [6.45, 7) is 1.56. The van der Waals surface area contributed by atoms with Crippen molar-refractivity contribution in [1.82, 2.24) is 0 Å². The SMILES string of the molecule is CCP(=O)([O-])O[N+](C)(C)C. The molecule has 5 heteroatoms. The monoisotopic (exact) mass is 167 g/mol. The van der Waals surface area contributed by atoms with Gasteiger partial charge >= 0.3 is 0 Å². The van der Waals surface area contributed by atoms with Crippen molar-refractivity contribution in [2.75, 3.05) is 27.3 Å². The van der Waals surface area contributed by atoms with Crippen molar-refractivity contribution < 1.29 is 18.7 Å². The van der Waals surface area contributed by atoms with Gasteiger partial charge in [0, 0.05) is 6.16 Å². The molecule has 0 N–H and O–H groups in total. The fourth-order valence-corrected chi connectivity index (χ4v) is 1.29. The van der Waals surface area contributed by atoms with Gasteiger partial charge in [0.15, 0.2) is 7.60 Å². The lowest BCUT2D eigenvalue weighted by Crippen LogP contribution is -2.35. The second-order valence-electron chi connectivity index (χ2n) is 2.90. The molecule has 0 spiro atoms. The molecular formula is C5H14NO3P. The molecule has 0 saturated heterocycles. The van der Waals surface area contributed by atoms with Gasteiger partial charge in [0.2, 0.25) is 0 Å². The molecule has 0 amide bonds. The molecule has 62 valence electrons. The number of rotatable bonds is 3. The van der Waals surface area contributed by atoms with Crippen LogP contribution in [0.2, 0.25) is 0 Å². The van der Waals surface area contributed by atoms with E-state index in [4.69, 9.17) is 4.62 Å². The second-order valence-corrected chi connectivity index (χ2v) is 4.92. The summed E-state index contributed by atoms with van der Waals surface area (Å²) >= 11 is 0. The fourth-order valence-electron chi connectivity index (χ4n) is 0.431. The summed E-state index contributed by atoms with van der Waals surface area (Å²) in [6, 6.07) is 0. The molecule has 0 radical (unpaired) electrons. The molecule has 0 heterocycles. The standard InChI is InChI=1S/C5H14NO3P/c1-5-10(7,8)9-6(2,3)4/h5H2,1-4H3. The highest BCUT2D eigenvalue weighted by Crippen LogP contribution is 2.37. The maximum absolute atomic E-state index is 10.8. The maximum atomic E-state index is 10.8. The van der Waals surface area contributed by atoms with Gasteiger partial charge in [0.25, 0.3) is 0 Å². The predicted molar refractivity (Wildman–Crippen MR) is 37.3 cm³/mol. The lowest BCUT2D eigenvalue weighted by molar-refractivity contribution is -1.04. The molecule has 0 aromatic carbocycles. The third kappa shape index (κ3) is 4.94. The zero-order valence-electron chi connectivity index (χ0n) is 6.83. The van der Waals surface area contributed by atoms with Crippen LogP contribution < -0.4 is 4.89 Å². The second kappa shape index (κ2) is 3.01. The first-order valence-electron chi connectivity index (χ1n) is 3.10. The van der Waals surface area contributed by atoms with Gasteiger partial charge in [0.1, 0.15) is 0 Å². The number of hydrogen-bond donors (Lipinski definition) is 0. The van der Waals surface area contributed by atoms with Crippen molar-refractivity contribution >= 4 is 7.60 Å². The van der Waals surface area contributed by atoms with Crippen LogP contribution in [0.5, 0.6) is 0 Å². The smallest absolute Gasteiger partial charge is 0.198 e. The Hall–Kier alpha value is 0.110. The minimum atomic E-state index is -3.57. The largest absolute Gasteiger partial charge is 0.774 e. The van der Waals surface area contributed by atoms with Crippen LogP contribution in [0.25, 0.3) is 0 Å². The van der Waals surface area contributed by atoms with Crippen molar-refractivity contribution in [3.63, 3.8) is 0 Å². The Bertz CT molecular complexity index is 151. The number of hydroxylamine groups is 3. The first-order valence-corrected chi connectivity index (χ1v) is 4.82. The van der Waals surface area contributed by atoms with Crippen LogP contribution in [0.3, 0.4) is 0 Å². The number of hydrogen-bond acceptors (Lipinski definition) is 3.